The molecule has 1 N–H and O–H groups in total. The Kier molecular flexibility index (Phi) is 8.61. The summed E-state index contributed by atoms with van der Waals surface area (Å²) in [5.41, 5.74) is 1.85. The molecule has 0 radical (unpaired) electrons. The molecule has 33 heavy (non-hydrogen) atoms. The molecule has 0 spiro atoms. The van der Waals surface area contributed by atoms with E-state index < -0.39 is 5.97 Å². The third-order valence-corrected chi connectivity index (χ3v) is 6.56. The molecule has 1 atom stereocenters. The summed E-state index contributed by atoms with van der Waals surface area (Å²) in [7, 11) is 0. The minimum absolute atomic E-state index is 0.279. The monoisotopic (exact) mass is 475 g/mol. The second-order valence-electron chi connectivity index (χ2n) is 7.83. The van der Waals surface area contributed by atoms with Crippen molar-refractivity contribution >= 4 is 28.2 Å². The molecule has 1 aliphatic rings. The molecule has 0 saturated carbocycles. The summed E-state index contributed by atoms with van der Waals surface area (Å²) in [5, 5.41) is 3.49. The molecular formula is C25H33NO6S. The molecule has 2 aromatic rings. The number of anilines is 1. The third kappa shape index (κ3) is 5.61. The first kappa shape index (κ1) is 24.9. The van der Waals surface area contributed by atoms with Gasteiger partial charge < -0.3 is 24.3 Å². The molecular weight excluding hydrogens is 442 g/mol. The number of benzene rings is 1. The zero-order chi connectivity index (χ0) is 24.0. The van der Waals surface area contributed by atoms with Gasteiger partial charge in [-0.1, -0.05) is 6.92 Å². The molecule has 7 nitrogen and oxygen atoms in total. The van der Waals surface area contributed by atoms with Crippen LogP contribution in [0.4, 0.5) is 5.00 Å². The van der Waals surface area contributed by atoms with Gasteiger partial charge in [-0.15, -0.1) is 11.3 Å². The largest absolute Gasteiger partial charge is 0.490 e. The number of fused-ring (bicyclic) bond motifs is 1. The molecule has 1 aromatic heterocycles. The fraction of sp³-hybridized carbons (Fsp3) is 0.520. The van der Waals surface area contributed by atoms with Gasteiger partial charge in [-0.2, -0.15) is 0 Å². The second kappa shape index (κ2) is 11.4. The lowest BCUT2D eigenvalue weighted by atomic mass is 9.88. The van der Waals surface area contributed by atoms with Crippen LogP contribution in [0.3, 0.4) is 0 Å². The molecule has 1 aliphatic carbocycles. The summed E-state index contributed by atoms with van der Waals surface area (Å²) in [5.74, 6) is 1.17. The van der Waals surface area contributed by atoms with Crippen molar-refractivity contribution in [1.82, 2.24) is 0 Å². The van der Waals surface area contributed by atoms with Crippen LogP contribution in [0.2, 0.25) is 0 Å². The van der Waals surface area contributed by atoms with E-state index in [1.54, 1.807) is 19.1 Å². The molecule has 8 heteroatoms. The summed E-state index contributed by atoms with van der Waals surface area (Å²) >= 11 is 1.46. The van der Waals surface area contributed by atoms with Crippen LogP contribution in [0, 0.1) is 5.92 Å². The molecule has 1 aromatic carbocycles. The zero-order valence-corrected chi connectivity index (χ0v) is 20.9. The molecule has 0 saturated heterocycles. The van der Waals surface area contributed by atoms with Crippen LogP contribution in [0.25, 0.3) is 0 Å². The maximum Gasteiger partial charge on any atom is 0.341 e. The van der Waals surface area contributed by atoms with E-state index in [4.69, 9.17) is 18.9 Å². The Labute approximate surface area is 199 Å². The Morgan fingerprint density at radius 2 is 1.64 bits per heavy atom. The van der Waals surface area contributed by atoms with Crippen LogP contribution in [0.15, 0.2) is 12.1 Å². The summed E-state index contributed by atoms with van der Waals surface area (Å²) < 4.78 is 22.5. The number of carbonyl (C=O) groups is 2. The lowest BCUT2D eigenvalue weighted by Crippen LogP contribution is -2.17. The van der Waals surface area contributed by atoms with Crippen LogP contribution in [-0.2, 0) is 17.6 Å². The highest BCUT2D eigenvalue weighted by atomic mass is 32.1. The Morgan fingerprint density at radius 1 is 1.00 bits per heavy atom. The van der Waals surface area contributed by atoms with Gasteiger partial charge in [0.2, 0.25) is 5.75 Å². The van der Waals surface area contributed by atoms with Crippen molar-refractivity contribution < 1.29 is 28.5 Å². The Hall–Kier alpha value is -2.74. The zero-order valence-electron chi connectivity index (χ0n) is 20.0. The van der Waals surface area contributed by atoms with Crippen molar-refractivity contribution in [2.24, 2.45) is 5.92 Å². The second-order valence-corrected chi connectivity index (χ2v) is 8.94. The number of hydrogen-bond donors (Lipinski definition) is 1. The summed E-state index contributed by atoms with van der Waals surface area (Å²) in [6.07, 6.45) is 2.72. The van der Waals surface area contributed by atoms with Crippen LogP contribution in [-0.4, -0.2) is 38.3 Å². The fourth-order valence-corrected chi connectivity index (χ4v) is 5.35. The number of thiophene rings is 1. The van der Waals surface area contributed by atoms with Gasteiger partial charge in [-0.3, -0.25) is 4.79 Å². The maximum absolute atomic E-state index is 13.3. The Bertz CT molecular complexity index is 972. The highest BCUT2D eigenvalue weighted by molar-refractivity contribution is 7.17. The Morgan fingerprint density at radius 3 is 2.21 bits per heavy atom. The average molecular weight is 476 g/mol. The standard InChI is InChI=1S/C25H33NO6S/c1-6-29-18-13-16(14-19(30-7-2)22(18)31-8-3)23(27)26-24-21(25(28)32-9-4)17-11-10-15(5)12-20(17)33-24/h13-15H,6-12H2,1-5H3,(H,26,27)/t15-/m1/s1. The third-order valence-electron chi connectivity index (χ3n) is 5.39. The van der Waals surface area contributed by atoms with Crippen LogP contribution in [0.1, 0.15) is 72.2 Å². The van der Waals surface area contributed by atoms with Gasteiger partial charge in [0, 0.05) is 10.4 Å². The smallest absolute Gasteiger partial charge is 0.341 e. The minimum Gasteiger partial charge on any atom is -0.490 e. The first-order chi connectivity index (χ1) is 15.9. The average Bonchev–Trinajstić information content (AvgIpc) is 3.13. The normalized spacial score (nSPS) is 14.9. The predicted octanol–water partition coefficient (Wildman–Crippen LogP) is 5.50. The van der Waals surface area contributed by atoms with Crippen LogP contribution in [0.5, 0.6) is 17.2 Å². The van der Waals surface area contributed by atoms with E-state index in [9.17, 15) is 9.59 Å². The van der Waals surface area contributed by atoms with Gasteiger partial charge in [-0.25, -0.2) is 4.79 Å². The first-order valence-electron chi connectivity index (χ1n) is 11.6. The number of esters is 1. The molecule has 0 unspecified atom stereocenters. The van der Waals surface area contributed by atoms with E-state index in [2.05, 4.69) is 12.2 Å². The molecule has 180 valence electrons. The van der Waals surface area contributed by atoms with Crippen molar-refractivity contribution in [1.29, 1.82) is 0 Å². The number of amides is 1. The summed E-state index contributed by atoms with van der Waals surface area (Å²) in [6, 6.07) is 3.29. The van der Waals surface area contributed by atoms with E-state index in [0.29, 0.717) is 59.1 Å². The van der Waals surface area contributed by atoms with E-state index in [-0.39, 0.29) is 12.5 Å². The number of hydrogen-bond acceptors (Lipinski definition) is 7. The van der Waals surface area contributed by atoms with Gasteiger partial charge in [0.1, 0.15) is 5.00 Å². The molecule has 3 rings (SSSR count). The van der Waals surface area contributed by atoms with Crippen molar-refractivity contribution in [2.45, 2.75) is 53.9 Å². The van der Waals surface area contributed by atoms with Crippen LogP contribution >= 0.6 is 11.3 Å². The highest BCUT2D eigenvalue weighted by Gasteiger charge is 2.29. The quantitative estimate of drug-likeness (QED) is 0.457. The molecule has 0 fully saturated rings. The minimum atomic E-state index is -0.392. The number of rotatable bonds is 10. The van der Waals surface area contributed by atoms with E-state index in [0.717, 1.165) is 29.7 Å². The van der Waals surface area contributed by atoms with E-state index >= 15 is 0 Å². The van der Waals surface area contributed by atoms with Gasteiger partial charge in [0.05, 0.1) is 32.0 Å². The van der Waals surface area contributed by atoms with Crippen molar-refractivity contribution in [3.8, 4) is 17.2 Å². The van der Waals surface area contributed by atoms with Gasteiger partial charge >= 0.3 is 5.97 Å². The highest BCUT2D eigenvalue weighted by Crippen LogP contribution is 2.42. The maximum atomic E-state index is 13.3. The summed E-state index contributed by atoms with van der Waals surface area (Å²) in [4.78, 5) is 27.2. The van der Waals surface area contributed by atoms with Gasteiger partial charge in [0.25, 0.3) is 5.91 Å². The lowest BCUT2D eigenvalue weighted by molar-refractivity contribution is 0.0526. The SMILES string of the molecule is CCOC(=O)c1c(NC(=O)c2cc(OCC)c(OCC)c(OCC)c2)sc2c1CC[C@@H](C)C2. The van der Waals surface area contributed by atoms with Gasteiger partial charge in [0.15, 0.2) is 11.5 Å². The van der Waals surface area contributed by atoms with Crippen molar-refractivity contribution in [3.05, 3.63) is 33.7 Å². The van der Waals surface area contributed by atoms with E-state index in [1.165, 1.54) is 11.3 Å². The van der Waals surface area contributed by atoms with E-state index in [1.807, 2.05) is 20.8 Å². The number of nitrogens with one attached hydrogen (secondary N) is 1. The molecule has 0 bridgehead atoms. The van der Waals surface area contributed by atoms with Crippen molar-refractivity contribution in [3.63, 3.8) is 0 Å². The topological polar surface area (TPSA) is 83.1 Å². The first-order valence-corrected chi connectivity index (χ1v) is 12.4. The van der Waals surface area contributed by atoms with Crippen molar-refractivity contribution in [2.75, 3.05) is 31.7 Å². The lowest BCUT2D eigenvalue weighted by Gasteiger charge is -2.18. The predicted molar refractivity (Wildman–Crippen MR) is 129 cm³/mol. The Balaban J connectivity index is 1.99. The molecule has 1 heterocycles. The summed E-state index contributed by atoms with van der Waals surface area (Å²) in [6.45, 7) is 11.1. The number of ether oxygens (including phenoxy) is 4. The number of carbonyl (C=O) groups excluding carboxylic acids is 2. The van der Waals surface area contributed by atoms with Gasteiger partial charge in [-0.05, 0) is 70.6 Å². The van der Waals surface area contributed by atoms with Crippen LogP contribution < -0.4 is 19.5 Å². The fourth-order valence-electron chi connectivity index (χ4n) is 3.95. The molecule has 1 amide bonds. The molecule has 0 aliphatic heterocycles.